The van der Waals surface area contributed by atoms with Crippen molar-refractivity contribution in [2.75, 3.05) is 20.2 Å². The van der Waals surface area contributed by atoms with Gasteiger partial charge in [0.05, 0.1) is 5.92 Å². The van der Waals surface area contributed by atoms with Crippen molar-refractivity contribution < 1.29 is 24.2 Å². The monoisotopic (exact) mass is 464 g/mol. The third-order valence-corrected chi connectivity index (χ3v) is 7.03. The van der Waals surface area contributed by atoms with Crippen molar-refractivity contribution in [1.82, 2.24) is 10.2 Å². The zero-order valence-electron chi connectivity index (χ0n) is 19.7. The van der Waals surface area contributed by atoms with E-state index in [1.807, 2.05) is 24.3 Å². The van der Waals surface area contributed by atoms with Gasteiger partial charge in [-0.3, -0.25) is 9.59 Å². The molecule has 7 heteroatoms. The number of hydrogen-bond acceptors (Lipinski definition) is 4. The summed E-state index contributed by atoms with van der Waals surface area (Å²) < 4.78 is 5.65. The molecule has 0 heterocycles. The van der Waals surface area contributed by atoms with E-state index < -0.39 is 18.0 Å². The van der Waals surface area contributed by atoms with Gasteiger partial charge in [-0.1, -0.05) is 61.9 Å². The van der Waals surface area contributed by atoms with Crippen LogP contribution in [0, 0.1) is 11.8 Å². The Morgan fingerprint density at radius 2 is 1.68 bits per heavy atom. The number of benzene rings is 2. The molecule has 2 N–H and O–H groups in total. The molecule has 1 fully saturated rings. The molecule has 2 aromatic carbocycles. The second-order valence-corrected chi connectivity index (χ2v) is 9.49. The van der Waals surface area contributed by atoms with Crippen LogP contribution >= 0.6 is 0 Å². The minimum Gasteiger partial charge on any atom is -0.481 e. The number of carboxylic acid groups (broad SMARTS) is 1. The molecule has 3 atom stereocenters. The van der Waals surface area contributed by atoms with Crippen LogP contribution < -0.4 is 5.32 Å². The Morgan fingerprint density at radius 3 is 2.29 bits per heavy atom. The average Bonchev–Trinajstić information content (AvgIpc) is 3.16. The lowest BCUT2D eigenvalue weighted by Gasteiger charge is -2.32. The summed E-state index contributed by atoms with van der Waals surface area (Å²) in [5.41, 5.74) is 4.70. The molecule has 2 amide bonds. The fourth-order valence-electron chi connectivity index (χ4n) is 5.24. The summed E-state index contributed by atoms with van der Waals surface area (Å²) in [7, 11) is 1.64. The number of carboxylic acids is 1. The van der Waals surface area contributed by atoms with Gasteiger partial charge in [0.1, 0.15) is 6.61 Å². The number of aliphatic carboxylic acids is 1. The molecule has 0 radical (unpaired) electrons. The molecule has 1 unspecified atom stereocenters. The summed E-state index contributed by atoms with van der Waals surface area (Å²) in [5.74, 6) is -1.82. The Labute approximate surface area is 200 Å². The average molecular weight is 465 g/mol. The van der Waals surface area contributed by atoms with Crippen molar-refractivity contribution in [3.05, 3.63) is 59.7 Å². The zero-order chi connectivity index (χ0) is 24.2. The standard InChI is InChI=1S/C27H32N2O5/c1-17(26(31)32)15-29(2)25(30)18-8-7-9-19(14-18)28-27(33)34-16-24-22-12-5-3-10-20(22)21-11-4-6-13-23(21)24/h3-6,10-13,17-19,24H,7-9,14-16H2,1-2H3,(H,28,33)(H,31,32)/t17?,18-,19+/m0/s1. The number of hydrogen-bond donors (Lipinski definition) is 2. The predicted octanol–water partition coefficient (Wildman–Crippen LogP) is 4.26. The van der Waals surface area contributed by atoms with Gasteiger partial charge in [-0.2, -0.15) is 0 Å². The van der Waals surface area contributed by atoms with Crippen molar-refractivity contribution in [3.63, 3.8) is 0 Å². The number of carbonyl (C=O) groups is 3. The second-order valence-electron chi connectivity index (χ2n) is 9.49. The van der Waals surface area contributed by atoms with Gasteiger partial charge in [0.25, 0.3) is 0 Å². The maximum Gasteiger partial charge on any atom is 0.407 e. The number of nitrogens with zero attached hydrogens (tertiary/aromatic N) is 1. The lowest BCUT2D eigenvalue weighted by Crippen LogP contribution is -2.44. The molecule has 7 nitrogen and oxygen atoms in total. The molecule has 2 aliphatic rings. The van der Waals surface area contributed by atoms with Crippen LogP contribution in [0.3, 0.4) is 0 Å². The third kappa shape index (κ3) is 5.08. The normalized spacial score (nSPS) is 20.1. The Hall–Kier alpha value is -3.35. The van der Waals surface area contributed by atoms with E-state index >= 15 is 0 Å². The van der Waals surface area contributed by atoms with E-state index in [4.69, 9.17) is 9.84 Å². The first-order chi connectivity index (χ1) is 16.3. The van der Waals surface area contributed by atoms with E-state index in [0.29, 0.717) is 6.42 Å². The number of nitrogens with one attached hydrogen (secondary N) is 1. The van der Waals surface area contributed by atoms with Gasteiger partial charge in [0.15, 0.2) is 0 Å². The van der Waals surface area contributed by atoms with E-state index in [9.17, 15) is 14.4 Å². The summed E-state index contributed by atoms with van der Waals surface area (Å²) in [6.45, 7) is 2.02. The van der Waals surface area contributed by atoms with E-state index in [1.165, 1.54) is 27.2 Å². The molecule has 34 heavy (non-hydrogen) atoms. The first-order valence-corrected chi connectivity index (χ1v) is 11.9. The molecule has 4 rings (SSSR count). The van der Waals surface area contributed by atoms with Gasteiger partial charge in [-0.15, -0.1) is 0 Å². The number of carbonyl (C=O) groups excluding carboxylic acids is 2. The van der Waals surface area contributed by atoms with Gasteiger partial charge in [0, 0.05) is 31.5 Å². The molecule has 2 aliphatic carbocycles. The summed E-state index contributed by atoms with van der Waals surface area (Å²) in [5, 5.41) is 12.0. The topological polar surface area (TPSA) is 95.9 Å². The fourth-order valence-corrected chi connectivity index (χ4v) is 5.24. The molecule has 2 aromatic rings. The molecule has 0 aromatic heterocycles. The zero-order valence-corrected chi connectivity index (χ0v) is 19.7. The predicted molar refractivity (Wildman–Crippen MR) is 128 cm³/mol. The molecule has 0 saturated heterocycles. The Balaban J connectivity index is 1.31. The number of ether oxygens (including phenoxy) is 1. The maximum absolute atomic E-state index is 12.8. The lowest BCUT2D eigenvalue weighted by atomic mass is 9.84. The molecular formula is C27H32N2O5. The van der Waals surface area contributed by atoms with Gasteiger partial charge in [0.2, 0.25) is 5.91 Å². The largest absolute Gasteiger partial charge is 0.481 e. The van der Waals surface area contributed by atoms with E-state index in [-0.39, 0.29) is 36.9 Å². The van der Waals surface area contributed by atoms with Crippen molar-refractivity contribution in [3.8, 4) is 11.1 Å². The minimum atomic E-state index is -0.918. The van der Waals surface area contributed by atoms with Crippen molar-refractivity contribution in [2.45, 2.75) is 44.6 Å². The first kappa shape index (κ1) is 23.8. The molecular weight excluding hydrogens is 432 g/mol. The molecule has 1 saturated carbocycles. The Bertz CT molecular complexity index is 1020. The number of alkyl carbamates (subject to hydrolysis) is 1. The van der Waals surface area contributed by atoms with Crippen LogP contribution in [-0.2, 0) is 14.3 Å². The van der Waals surface area contributed by atoms with E-state index in [2.05, 4.69) is 29.6 Å². The number of amides is 2. The van der Waals surface area contributed by atoms with Crippen LogP contribution in [0.5, 0.6) is 0 Å². The third-order valence-electron chi connectivity index (χ3n) is 7.03. The molecule has 0 bridgehead atoms. The maximum atomic E-state index is 12.8. The van der Waals surface area contributed by atoms with E-state index in [0.717, 1.165) is 19.3 Å². The summed E-state index contributed by atoms with van der Waals surface area (Å²) >= 11 is 0. The molecule has 180 valence electrons. The lowest BCUT2D eigenvalue weighted by molar-refractivity contribution is -0.143. The smallest absolute Gasteiger partial charge is 0.407 e. The minimum absolute atomic E-state index is 0.00343. The van der Waals surface area contributed by atoms with Crippen LogP contribution in [0.25, 0.3) is 11.1 Å². The molecule has 0 aliphatic heterocycles. The SMILES string of the molecule is CC(CN(C)C(=O)[C@H]1CCC[C@@H](NC(=O)OCC2c3ccccc3-c3ccccc32)C1)C(=O)O. The van der Waals surface area contributed by atoms with Crippen molar-refractivity contribution in [1.29, 1.82) is 0 Å². The van der Waals surface area contributed by atoms with Crippen LogP contribution in [-0.4, -0.2) is 54.2 Å². The summed E-state index contributed by atoms with van der Waals surface area (Å²) in [6, 6.07) is 16.3. The van der Waals surface area contributed by atoms with Gasteiger partial charge in [-0.05, 0) is 41.5 Å². The van der Waals surface area contributed by atoms with E-state index in [1.54, 1.807) is 14.0 Å². The van der Waals surface area contributed by atoms with Crippen LogP contribution in [0.2, 0.25) is 0 Å². The summed E-state index contributed by atoms with van der Waals surface area (Å²) in [6.07, 6.45) is 2.44. The Kier molecular flexibility index (Phi) is 7.20. The first-order valence-electron chi connectivity index (χ1n) is 11.9. The Morgan fingerprint density at radius 1 is 1.06 bits per heavy atom. The molecule has 0 spiro atoms. The van der Waals surface area contributed by atoms with Gasteiger partial charge < -0.3 is 20.1 Å². The number of rotatable bonds is 7. The van der Waals surface area contributed by atoms with Crippen LogP contribution in [0.15, 0.2) is 48.5 Å². The number of fused-ring (bicyclic) bond motifs is 3. The second kappa shape index (κ2) is 10.3. The van der Waals surface area contributed by atoms with Gasteiger partial charge >= 0.3 is 12.1 Å². The highest BCUT2D eigenvalue weighted by atomic mass is 16.5. The van der Waals surface area contributed by atoms with Crippen molar-refractivity contribution >= 4 is 18.0 Å². The highest BCUT2D eigenvalue weighted by Crippen LogP contribution is 2.44. The van der Waals surface area contributed by atoms with Crippen molar-refractivity contribution in [2.24, 2.45) is 11.8 Å². The van der Waals surface area contributed by atoms with Crippen LogP contribution in [0.1, 0.15) is 49.7 Å². The highest BCUT2D eigenvalue weighted by Gasteiger charge is 2.32. The van der Waals surface area contributed by atoms with Gasteiger partial charge in [-0.25, -0.2) is 4.79 Å². The quantitative estimate of drug-likeness (QED) is 0.638. The van der Waals surface area contributed by atoms with Crippen LogP contribution in [0.4, 0.5) is 4.79 Å². The highest BCUT2D eigenvalue weighted by molar-refractivity contribution is 5.80. The summed E-state index contributed by atoms with van der Waals surface area (Å²) in [4.78, 5) is 38.0. The fraction of sp³-hybridized carbons (Fsp3) is 0.444.